The number of halogens is 1. The molecule has 1 rings (SSSR count). The monoisotopic (exact) mass is 253 g/mol. The van der Waals surface area contributed by atoms with Gasteiger partial charge in [0.1, 0.15) is 0 Å². The molecular formula is C13H16ClNO2. The molecule has 4 heteroatoms. The van der Waals surface area contributed by atoms with E-state index in [1.165, 1.54) is 0 Å². The first kappa shape index (κ1) is 13.7. The minimum absolute atomic E-state index is 0.183. The molecular weight excluding hydrogens is 238 g/mol. The first-order valence-electron chi connectivity index (χ1n) is 5.28. The Bertz CT molecular complexity index is 426. The van der Waals surface area contributed by atoms with Crippen LogP contribution in [-0.4, -0.2) is 20.8 Å². The fraction of sp³-hybridized carbons (Fsp3) is 0.385. The predicted octanol–water partition coefficient (Wildman–Crippen LogP) is 2.64. The molecule has 0 bridgehead atoms. The molecule has 0 saturated heterocycles. The molecule has 1 aromatic rings. The van der Waals surface area contributed by atoms with Gasteiger partial charge < -0.3 is 14.8 Å². The number of ether oxygens (including phenoxy) is 2. The summed E-state index contributed by atoms with van der Waals surface area (Å²) in [5, 5.41) is 3.66. The van der Waals surface area contributed by atoms with E-state index in [4.69, 9.17) is 27.5 Å². The fourth-order valence-corrected chi connectivity index (χ4v) is 1.88. The second-order valence-corrected chi connectivity index (χ2v) is 3.80. The molecule has 0 radical (unpaired) electrons. The summed E-state index contributed by atoms with van der Waals surface area (Å²) in [4.78, 5) is 0. The smallest absolute Gasteiger partial charge is 0.179 e. The van der Waals surface area contributed by atoms with Crippen molar-refractivity contribution < 1.29 is 9.47 Å². The van der Waals surface area contributed by atoms with Crippen LogP contribution >= 0.6 is 11.6 Å². The summed E-state index contributed by atoms with van der Waals surface area (Å²) < 4.78 is 10.4. The van der Waals surface area contributed by atoms with Crippen LogP contribution in [0.1, 0.15) is 18.5 Å². The van der Waals surface area contributed by atoms with Crippen LogP contribution in [0.3, 0.4) is 0 Å². The number of methoxy groups -OCH3 is 2. The van der Waals surface area contributed by atoms with Crippen molar-refractivity contribution in [3.8, 4) is 23.8 Å². The predicted molar refractivity (Wildman–Crippen MR) is 69.8 cm³/mol. The lowest BCUT2D eigenvalue weighted by Gasteiger charge is -2.16. The minimum atomic E-state index is -0.183. The van der Waals surface area contributed by atoms with Crippen LogP contribution in [-0.2, 0) is 0 Å². The Morgan fingerprint density at radius 3 is 2.59 bits per heavy atom. The van der Waals surface area contributed by atoms with E-state index in [0.29, 0.717) is 16.5 Å². The normalized spacial score (nSPS) is 11.7. The second-order valence-electron chi connectivity index (χ2n) is 3.40. The van der Waals surface area contributed by atoms with E-state index >= 15 is 0 Å². The van der Waals surface area contributed by atoms with Crippen LogP contribution in [0.25, 0.3) is 0 Å². The van der Waals surface area contributed by atoms with Gasteiger partial charge in [-0.1, -0.05) is 24.4 Å². The van der Waals surface area contributed by atoms with Gasteiger partial charge in [-0.2, -0.15) is 0 Å². The standard InChI is InChI=1S/C13H16ClNO2/c1-5-11(15-6-2)9-7-10(14)13(17-4)12(8-9)16-3/h1,7-8,11,15H,6H2,2-4H3. The minimum Gasteiger partial charge on any atom is -0.493 e. The lowest BCUT2D eigenvalue weighted by molar-refractivity contribution is 0.354. The Labute approximate surface area is 107 Å². The van der Waals surface area contributed by atoms with Gasteiger partial charge in [-0.3, -0.25) is 0 Å². The highest BCUT2D eigenvalue weighted by molar-refractivity contribution is 6.32. The van der Waals surface area contributed by atoms with Crippen molar-refractivity contribution in [2.24, 2.45) is 0 Å². The van der Waals surface area contributed by atoms with Gasteiger partial charge >= 0.3 is 0 Å². The number of hydrogen-bond acceptors (Lipinski definition) is 3. The van der Waals surface area contributed by atoms with Crippen LogP contribution in [0.4, 0.5) is 0 Å². The lowest BCUT2D eigenvalue weighted by Crippen LogP contribution is -2.19. The molecule has 3 nitrogen and oxygen atoms in total. The van der Waals surface area contributed by atoms with Crippen LogP contribution in [0.2, 0.25) is 5.02 Å². The summed E-state index contributed by atoms with van der Waals surface area (Å²) in [5.74, 6) is 3.76. The summed E-state index contributed by atoms with van der Waals surface area (Å²) in [7, 11) is 3.11. The first-order chi connectivity index (χ1) is 8.17. The van der Waals surface area contributed by atoms with Gasteiger partial charge in [0, 0.05) is 0 Å². The van der Waals surface area contributed by atoms with E-state index in [1.54, 1.807) is 20.3 Å². The van der Waals surface area contributed by atoms with E-state index in [0.717, 1.165) is 12.1 Å². The third-order valence-corrected chi connectivity index (χ3v) is 2.64. The highest BCUT2D eigenvalue weighted by atomic mass is 35.5. The van der Waals surface area contributed by atoms with Crippen molar-refractivity contribution in [1.29, 1.82) is 0 Å². The number of terminal acetylenes is 1. The van der Waals surface area contributed by atoms with E-state index in [9.17, 15) is 0 Å². The largest absolute Gasteiger partial charge is 0.493 e. The number of benzene rings is 1. The van der Waals surface area contributed by atoms with Gasteiger partial charge in [0.15, 0.2) is 11.5 Å². The zero-order valence-corrected chi connectivity index (χ0v) is 11.0. The molecule has 0 aliphatic heterocycles. The van der Waals surface area contributed by atoms with Gasteiger partial charge in [-0.05, 0) is 24.2 Å². The summed E-state index contributed by atoms with van der Waals surface area (Å²) >= 11 is 6.11. The Balaban J connectivity index is 3.19. The Morgan fingerprint density at radius 2 is 2.12 bits per heavy atom. The average Bonchev–Trinajstić information content (AvgIpc) is 2.34. The maximum atomic E-state index is 6.11. The molecule has 1 N–H and O–H groups in total. The zero-order valence-electron chi connectivity index (χ0n) is 10.2. The van der Waals surface area contributed by atoms with E-state index in [2.05, 4.69) is 11.2 Å². The molecule has 0 fully saturated rings. The van der Waals surface area contributed by atoms with Crippen molar-refractivity contribution in [3.63, 3.8) is 0 Å². The van der Waals surface area contributed by atoms with E-state index in [1.807, 2.05) is 13.0 Å². The molecule has 0 aliphatic carbocycles. The molecule has 0 aromatic heterocycles. The molecule has 17 heavy (non-hydrogen) atoms. The maximum absolute atomic E-state index is 6.11. The van der Waals surface area contributed by atoms with Gasteiger partial charge in [-0.25, -0.2) is 0 Å². The van der Waals surface area contributed by atoms with Crippen molar-refractivity contribution in [2.75, 3.05) is 20.8 Å². The van der Waals surface area contributed by atoms with Gasteiger partial charge in [0.2, 0.25) is 0 Å². The van der Waals surface area contributed by atoms with Crippen LogP contribution in [0.15, 0.2) is 12.1 Å². The second kappa shape index (κ2) is 6.39. The van der Waals surface area contributed by atoms with Crippen LogP contribution < -0.4 is 14.8 Å². The molecule has 0 aliphatic rings. The summed E-state index contributed by atoms with van der Waals surface area (Å²) in [6.07, 6.45) is 5.48. The molecule has 0 spiro atoms. The molecule has 0 saturated carbocycles. The summed E-state index contributed by atoms with van der Waals surface area (Å²) in [6.45, 7) is 2.77. The van der Waals surface area contributed by atoms with E-state index < -0.39 is 0 Å². The summed E-state index contributed by atoms with van der Waals surface area (Å²) in [5.41, 5.74) is 0.886. The quantitative estimate of drug-likeness (QED) is 0.819. The van der Waals surface area contributed by atoms with Crippen molar-refractivity contribution in [3.05, 3.63) is 22.7 Å². The zero-order chi connectivity index (χ0) is 12.8. The number of nitrogens with one attached hydrogen (secondary N) is 1. The van der Waals surface area contributed by atoms with Crippen LogP contribution in [0.5, 0.6) is 11.5 Å². The van der Waals surface area contributed by atoms with Gasteiger partial charge in [-0.15, -0.1) is 6.42 Å². The third kappa shape index (κ3) is 3.06. The highest BCUT2D eigenvalue weighted by Crippen LogP contribution is 2.37. The SMILES string of the molecule is C#CC(NCC)c1cc(Cl)c(OC)c(OC)c1. The number of rotatable bonds is 5. The van der Waals surface area contributed by atoms with Crippen molar-refractivity contribution in [2.45, 2.75) is 13.0 Å². The Hall–Kier alpha value is -1.37. The van der Waals surface area contributed by atoms with E-state index in [-0.39, 0.29) is 6.04 Å². The molecule has 1 unspecified atom stereocenters. The average molecular weight is 254 g/mol. The van der Waals surface area contributed by atoms with Crippen LogP contribution in [0, 0.1) is 12.3 Å². The van der Waals surface area contributed by atoms with Crippen molar-refractivity contribution in [1.82, 2.24) is 5.32 Å². The molecule has 1 aromatic carbocycles. The first-order valence-corrected chi connectivity index (χ1v) is 5.66. The van der Waals surface area contributed by atoms with Crippen molar-refractivity contribution >= 4 is 11.6 Å². The maximum Gasteiger partial charge on any atom is 0.179 e. The third-order valence-electron chi connectivity index (χ3n) is 2.36. The molecule has 92 valence electrons. The Kier molecular flexibility index (Phi) is 5.14. The summed E-state index contributed by atoms with van der Waals surface area (Å²) in [6, 6.07) is 3.44. The molecule has 0 heterocycles. The Morgan fingerprint density at radius 1 is 1.41 bits per heavy atom. The molecule has 0 amide bonds. The van der Waals surface area contributed by atoms with Gasteiger partial charge in [0.05, 0.1) is 25.3 Å². The number of hydrogen-bond donors (Lipinski definition) is 1. The lowest BCUT2D eigenvalue weighted by atomic mass is 10.1. The topological polar surface area (TPSA) is 30.5 Å². The molecule has 1 atom stereocenters. The van der Waals surface area contributed by atoms with Gasteiger partial charge in [0.25, 0.3) is 0 Å². The fourth-order valence-electron chi connectivity index (χ4n) is 1.58. The highest BCUT2D eigenvalue weighted by Gasteiger charge is 2.15.